The van der Waals surface area contributed by atoms with Gasteiger partial charge in [0.15, 0.2) is 0 Å². The molecule has 1 heterocycles. The molecule has 1 aliphatic rings. The fourth-order valence-corrected chi connectivity index (χ4v) is 3.43. The van der Waals surface area contributed by atoms with Gasteiger partial charge >= 0.3 is 0 Å². The Balaban J connectivity index is 0.000000647. The molecule has 0 N–H and O–H groups in total. The van der Waals surface area contributed by atoms with E-state index in [0.29, 0.717) is 0 Å². The van der Waals surface area contributed by atoms with Gasteiger partial charge in [-0.1, -0.05) is 33.6 Å². The molecule has 24 heavy (non-hydrogen) atoms. The highest BCUT2D eigenvalue weighted by Crippen LogP contribution is 2.33. The van der Waals surface area contributed by atoms with Crippen LogP contribution in [-0.2, 0) is 26.3 Å². The molecule has 1 aromatic heterocycles. The average molecular weight is 329 g/mol. The van der Waals surface area contributed by atoms with E-state index in [4.69, 9.17) is 9.84 Å². The minimum absolute atomic E-state index is 0.997. The molecule has 0 radical (unpaired) electrons. The van der Waals surface area contributed by atoms with E-state index in [1.807, 2.05) is 0 Å². The van der Waals surface area contributed by atoms with Crippen LogP contribution in [0.1, 0.15) is 63.3 Å². The zero-order valence-corrected chi connectivity index (χ0v) is 16.0. The molecule has 3 heteroatoms. The van der Waals surface area contributed by atoms with Crippen LogP contribution in [0.4, 0.5) is 0 Å². The Morgan fingerprint density at radius 2 is 1.83 bits per heavy atom. The number of methoxy groups -OCH3 is 1. The minimum atomic E-state index is 0.997. The summed E-state index contributed by atoms with van der Waals surface area (Å²) in [5.74, 6) is 0.997. The molecule has 0 amide bonds. The molecular formula is C21H32N2O. The molecule has 2 aromatic rings. The number of hydrogen-bond acceptors (Lipinski definition) is 2. The Bertz CT molecular complexity index is 658. The van der Waals surface area contributed by atoms with Crippen molar-refractivity contribution in [2.24, 2.45) is 7.05 Å². The first-order chi connectivity index (χ1) is 11.7. The fourth-order valence-electron chi connectivity index (χ4n) is 3.43. The van der Waals surface area contributed by atoms with Gasteiger partial charge in [-0.2, -0.15) is 5.10 Å². The van der Waals surface area contributed by atoms with E-state index >= 15 is 0 Å². The summed E-state index contributed by atoms with van der Waals surface area (Å²) in [6, 6.07) is 6.56. The van der Waals surface area contributed by atoms with Crippen LogP contribution in [0.5, 0.6) is 5.75 Å². The Morgan fingerprint density at radius 1 is 1.12 bits per heavy atom. The first-order valence-corrected chi connectivity index (χ1v) is 9.38. The minimum Gasteiger partial charge on any atom is -0.496 e. The molecule has 132 valence electrons. The van der Waals surface area contributed by atoms with Crippen molar-refractivity contribution in [3.8, 4) is 17.0 Å². The molecule has 0 saturated carbocycles. The van der Waals surface area contributed by atoms with Crippen LogP contribution in [-0.4, -0.2) is 16.9 Å². The third kappa shape index (κ3) is 4.00. The maximum atomic E-state index is 5.49. The van der Waals surface area contributed by atoms with Crippen molar-refractivity contribution in [1.82, 2.24) is 9.78 Å². The number of hydrogen-bond donors (Lipinski definition) is 0. The second kappa shape index (κ2) is 8.91. The predicted molar refractivity (Wildman–Crippen MR) is 102 cm³/mol. The number of aromatic nitrogens is 2. The smallest absolute Gasteiger partial charge is 0.122 e. The molecule has 1 aromatic carbocycles. The number of aryl methyl sites for hydroxylation is 3. The Hall–Kier alpha value is -1.77. The van der Waals surface area contributed by atoms with Crippen LogP contribution in [0.25, 0.3) is 11.3 Å². The van der Waals surface area contributed by atoms with Crippen molar-refractivity contribution in [2.75, 3.05) is 7.11 Å². The monoisotopic (exact) mass is 328 g/mol. The molecular weight excluding hydrogens is 296 g/mol. The van der Waals surface area contributed by atoms with Gasteiger partial charge in [-0.3, -0.25) is 4.68 Å². The van der Waals surface area contributed by atoms with E-state index in [-0.39, 0.29) is 0 Å². The number of benzene rings is 1. The second-order valence-corrected chi connectivity index (χ2v) is 6.59. The van der Waals surface area contributed by atoms with Gasteiger partial charge in [0.1, 0.15) is 5.75 Å². The molecule has 0 aliphatic heterocycles. The lowest BCUT2D eigenvalue weighted by atomic mass is 9.92. The van der Waals surface area contributed by atoms with Gasteiger partial charge in [0.2, 0.25) is 0 Å². The summed E-state index contributed by atoms with van der Waals surface area (Å²) in [5, 5.41) is 4.73. The quantitative estimate of drug-likeness (QED) is 0.757. The number of rotatable bonds is 4. The SMILES string of the molecule is CCC.CCCc1cc(-c2c3c(nn2C)CCCC3)ccc1OC. The first kappa shape index (κ1) is 18.6. The van der Waals surface area contributed by atoms with Crippen molar-refractivity contribution in [3.05, 3.63) is 35.0 Å². The van der Waals surface area contributed by atoms with E-state index in [1.54, 1.807) is 7.11 Å². The van der Waals surface area contributed by atoms with Crippen molar-refractivity contribution < 1.29 is 4.74 Å². The van der Waals surface area contributed by atoms with Gasteiger partial charge < -0.3 is 4.74 Å². The molecule has 0 bridgehead atoms. The normalized spacial score (nSPS) is 13.0. The molecule has 0 fully saturated rings. The van der Waals surface area contributed by atoms with Crippen molar-refractivity contribution in [2.45, 2.75) is 65.7 Å². The van der Waals surface area contributed by atoms with Gasteiger partial charge in [-0.15, -0.1) is 0 Å². The number of fused-ring (bicyclic) bond motifs is 1. The lowest BCUT2D eigenvalue weighted by Gasteiger charge is -2.14. The molecule has 0 spiro atoms. The Morgan fingerprint density at radius 3 is 2.50 bits per heavy atom. The molecule has 0 saturated heterocycles. The summed E-state index contributed by atoms with van der Waals surface area (Å²) in [6.45, 7) is 6.46. The summed E-state index contributed by atoms with van der Waals surface area (Å²) in [6.07, 6.45) is 8.27. The van der Waals surface area contributed by atoms with Crippen LogP contribution >= 0.6 is 0 Å². The topological polar surface area (TPSA) is 27.1 Å². The van der Waals surface area contributed by atoms with Crippen molar-refractivity contribution in [1.29, 1.82) is 0 Å². The summed E-state index contributed by atoms with van der Waals surface area (Å²) in [4.78, 5) is 0. The molecule has 3 nitrogen and oxygen atoms in total. The number of nitrogens with zero attached hydrogens (tertiary/aromatic N) is 2. The maximum Gasteiger partial charge on any atom is 0.122 e. The summed E-state index contributed by atoms with van der Waals surface area (Å²) >= 11 is 0. The Labute approximate surface area is 147 Å². The van der Waals surface area contributed by atoms with E-state index in [2.05, 4.69) is 50.7 Å². The van der Waals surface area contributed by atoms with Crippen LogP contribution in [0.3, 0.4) is 0 Å². The van der Waals surface area contributed by atoms with Gasteiger partial charge in [0, 0.05) is 18.2 Å². The highest BCUT2D eigenvalue weighted by atomic mass is 16.5. The van der Waals surface area contributed by atoms with E-state index in [0.717, 1.165) is 31.4 Å². The van der Waals surface area contributed by atoms with Gasteiger partial charge in [0.05, 0.1) is 18.5 Å². The van der Waals surface area contributed by atoms with E-state index in [9.17, 15) is 0 Å². The van der Waals surface area contributed by atoms with Crippen LogP contribution < -0.4 is 4.74 Å². The highest BCUT2D eigenvalue weighted by molar-refractivity contribution is 5.67. The molecule has 3 rings (SSSR count). The van der Waals surface area contributed by atoms with Gasteiger partial charge in [0.25, 0.3) is 0 Å². The highest BCUT2D eigenvalue weighted by Gasteiger charge is 2.20. The summed E-state index contributed by atoms with van der Waals surface area (Å²) < 4.78 is 7.55. The summed E-state index contributed by atoms with van der Waals surface area (Å²) in [7, 11) is 3.82. The first-order valence-electron chi connectivity index (χ1n) is 9.38. The van der Waals surface area contributed by atoms with Gasteiger partial charge in [-0.05, 0) is 55.9 Å². The van der Waals surface area contributed by atoms with Crippen LogP contribution in [0, 0.1) is 0 Å². The molecule has 0 atom stereocenters. The summed E-state index contributed by atoms with van der Waals surface area (Å²) in [5.41, 5.74) is 6.62. The number of ether oxygens (including phenoxy) is 1. The van der Waals surface area contributed by atoms with Crippen molar-refractivity contribution in [3.63, 3.8) is 0 Å². The standard InChI is InChI=1S/C18H24N2O.C3H8/c1-4-7-13-12-14(10-11-17(13)21-3)18-15-8-5-6-9-16(15)19-20(18)2;1-3-2/h10-12H,4-9H2,1-3H3;3H2,1-2H3. The largest absolute Gasteiger partial charge is 0.496 e. The lowest BCUT2D eigenvalue weighted by molar-refractivity contribution is 0.409. The van der Waals surface area contributed by atoms with E-state index < -0.39 is 0 Å². The third-order valence-electron chi connectivity index (χ3n) is 4.39. The average Bonchev–Trinajstić information content (AvgIpc) is 2.91. The second-order valence-electron chi connectivity index (χ2n) is 6.59. The van der Waals surface area contributed by atoms with Crippen LogP contribution in [0.15, 0.2) is 18.2 Å². The predicted octanol–water partition coefficient (Wildman–Crippen LogP) is 5.34. The lowest BCUT2D eigenvalue weighted by Crippen LogP contribution is -2.01. The third-order valence-corrected chi connectivity index (χ3v) is 4.39. The van der Waals surface area contributed by atoms with Crippen molar-refractivity contribution >= 4 is 0 Å². The zero-order valence-electron chi connectivity index (χ0n) is 16.0. The van der Waals surface area contributed by atoms with Crippen LogP contribution in [0.2, 0.25) is 0 Å². The van der Waals surface area contributed by atoms with E-state index in [1.165, 1.54) is 47.3 Å². The van der Waals surface area contributed by atoms with Gasteiger partial charge in [-0.25, -0.2) is 0 Å². The molecule has 0 unspecified atom stereocenters. The zero-order chi connectivity index (χ0) is 17.5. The maximum absolute atomic E-state index is 5.49. The molecule has 1 aliphatic carbocycles. The fraction of sp³-hybridized carbons (Fsp3) is 0.571. The Kier molecular flexibility index (Phi) is 6.89.